The highest BCUT2D eigenvalue weighted by atomic mass is 14.2. The van der Waals surface area contributed by atoms with E-state index in [-0.39, 0.29) is 0 Å². The van der Waals surface area contributed by atoms with Gasteiger partial charge in [-0.2, -0.15) is 0 Å². The van der Waals surface area contributed by atoms with Crippen LogP contribution in [0.5, 0.6) is 0 Å². The van der Waals surface area contributed by atoms with Gasteiger partial charge in [-0.3, -0.25) is 0 Å². The van der Waals surface area contributed by atoms with Crippen molar-refractivity contribution in [1.29, 1.82) is 0 Å². The van der Waals surface area contributed by atoms with Crippen LogP contribution in [0.1, 0.15) is 49.8 Å². The first kappa shape index (κ1) is 13.9. The molecular weight excluding hydrogens is 228 g/mol. The highest BCUT2D eigenvalue weighted by Crippen LogP contribution is 2.33. The van der Waals surface area contributed by atoms with Crippen LogP contribution in [-0.4, -0.2) is 0 Å². The second-order valence-corrected chi connectivity index (χ2v) is 5.40. The minimum absolute atomic E-state index is 0.612. The Morgan fingerprint density at radius 2 is 1.68 bits per heavy atom. The molecule has 0 saturated heterocycles. The Bertz CT molecular complexity index is 552. The van der Waals surface area contributed by atoms with Gasteiger partial charge in [-0.25, -0.2) is 0 Å². The van der Waals surface area contributed by atoms with Gasteiger partial charge in [0.05, 0.1) is 0 Å². The van der Waals surface area contributed by atoms with E-state index >= 15 is 0 Å². The smallest absolute Gasteiger partial charge is 0.0147 e. The van der Waals surface area contributed by atoms with Crippen molar-refractivity contribution in [1.82, 2.24) is 0 Å². The van der Waals surface area contributed by atoms with Crippen molar-refractivity contribution < 1.29 is 0 Å². The average Bonchev–Trinajstić information content (AvgIpc) is 2.46. The van der Waals surface area contributed by atoms with E-state index in [2.05, 4.69) is 70.2 Å². The van der Waals surface area contributed by atoms with E-state index in [1.165, 1.54) is 34.2 Å². The fourth-order valence-corrected chi connectivity index (χ4v) is 2.64. The maximum atomic E-state index is 2.32. The third kappa shape index (κ3) is 2.89. The molecule has 0 aliphatic rings. The molecule has 1 atom stereocenters. The first-order chi connectivity index (χ1) is 9.17. The summed E-state index contributed by atoms with van der Waals surface area (Å²) < 4.78 is 0. The standard InChI is InChI=1S/C19H24/c1-5-14(3)17-9-7-8-10-19(17)18-12-11-16(6-2)13-15(18)4/h7-14H,5-6H2,1-4H3. The first-order valence-electron chi connectivity index (χ1n) is 7.36. The van der Waals surface area contributed by atoms with Crippen molar-refractivity contribution in [3.8, 4) is 11.1 Å². The quantitative estimate of drug-likeness (QED) is 0.651. The van der Waals surface area contributed by atoms with Crippen LogP contribution in [0, 0.1) is 6.92 Å². The van der Waals surface area contributed by atoms with Crippen molar-refractivity contribution in [2.75, 3.05) is 0 Å². The van der Waals surface area contributed by atoms with Gasteiger partial charge < -0.3 is 0 Å². The summed E-state index contributed by atoms with van der Waals surface area (Å²) in [7, 11) is 0. The predicted molar refractivity (Wildman–Crippen MR) is 84.7 cm³/mol. The van der Waals surface area contributed by atoms with E-state index in [9.17, 15) is 0 Å². The summed E-state index contributed by atoms with van der Waals surface area (Å²) in [5.74, 6) is 0.612. The van der Waals surface area contributed by atoms with Gasteiger partial charge in [0.1, 0.15) is 0 Å². The highest BCUT2D eigenvalue weighted by molar-refractivity contribution is 5.71. The van der Waals surface area contributed by atoms with E-state index in [0.717, 1.165) is 6.42 Å². The summed E-state index contributed by atoms with van der Waals surface area (Å²) in [5, 5.41) is 0. The second-order valence-electron chi connectivity index (χ2n) is 5.40. The summed E-state index contributed by atoms with van der Waals surface area (Å²) in [6.07, 6.45) is 2.29. The van der Waals surface area contributed by atoms with Gasteiger partial charge in [0.25, 0.3) is 0 Å². The molecule has 0 spiro atoms. The molecule has 0 bridgehead atoms. The molecule has 0 saturated carbocycles. The number of benzene rings is 2. The summed E-state index contributed by atoms with van der Waals surface area (Å²) in [4.78, 5) is 0. The van der Waals surface area contributed by atoms with E-state index < -0.39 is 0 Å². The van der Waals surface area contributed by atoms with Crippen molar-refractivity contribution in [2.24, 2.45) is 0 Å². The van der Waals surface area contributed by atoms with E-state index in [1.807, 2.05) is 0 Å². The highest BCUT2D eigenvalue weighted by Gasteiger charge is 2.11. The lowest BCUT2D eigenvalue weighted by Gasteiger charge is -2.17. The van der Waals surface area contributed by atoms with Crippen molar-refractivity contribution in [3.63, 3.8) is 0 Å². The normalized spacial score (nSPS) is 12.4. The maximum absolute atomic E-state index is 2.32. The van der Waals surface area contributed by atoms with Gasteiger partial charge in [-0.15, -0.1) is 0 Å². The molecular formula is C19H24. The zero-order valence-corrected chi connectivity index (χ0v) is 12.5. The zero-order chi connectivity index (χ0) is 13.8. The minimum atomic E-state index is 0.612. The molecule has 0 N–H and O–H groups in total. The van der Waals surface area contributed by atoms with Crippen LogP contribution in [0.25, 0.3) is 11.1 Å². The third-order valence-corrected chi connectivity index (χ3v) is 4.09. The fourth-order valence-electron chi connectivity index (χ4n) is 2.64. The molecule has 2 aromatic carbocycles. The third-order valence-electron chi connectivity index (χ3n) is 4.09. The van der Waals surface area contributed by atoms with Crippen molar-refractivity contribution in [2.45, 2.75) is 46.5 Å². The summed E-state index contributed by atoms with van der Waals surface area (Å²) in [5.41, 5.74) is 7.06. The van der Waals surface area contributed by atoms with Gasteiger partial charge in [-0.05, 0) is 53.5 Å². The monoisotopic (exact) mass is 252 g/mol. The average molecular weight is 252 g/mol. The Hall–Kier alpha value is -1.56. The molecule has 0 amide bonds. The van der Waals surface area contributed by atoms with Crippen LogP contribution in [0.15, 0.2) is 42.5 Å². The van der Waals surface area contributed by atoms with Crippen LogP contribution < -0.4 is 0 Å². The Labute approximate surface area is 117 Å². The number of hydrogen-bond donors (Lipinski definition) is 0. The Morgan fingerprint density at radius 3 is 2.32 bits per heavy atom. The van der Waals surface area contributed by atoms with Gasteiger partial charge >= 0.3 is 0 Å². The molecule has 19 heavy (non-hydrogen) atoms. The van der Waals surface area contributed by atoms with E-state index in [1.54, 1.807) is 0 Å². The second kappa shape index (κ2) is 6.06. The Morgan fingerprint density at radius 1 is 0.947 bits per heavy atom. The predicted octanol–water partition coefficient (Wildman–Crippen LogP) is 5.74. The van der Waals surface area contributed by atoms with E-state index in [4.69, 9.17) is 0 Å². The summed E-state index contributed by atoms with van der Waals surface area (Å²) in [6, 6.07) is 15.7. The minimum Gasteiger partial charge on any atom is -0.0648 e. The molecule has 0 heterocycles. The molecule has 0 nitrogen and oxygen atoms in total. The van der Waals surface area contributed by atoms with Gasteiger partial charge in [0.15, 0.2) is 0 Å². The largest absolute Gasteiger partial charge is 0.0648 e. The number of aryl methyl sites for hydroxylation is 2. The SMILES string of the molecule is CCc1ccc(-c2ccccc2C(C)CC)c(C)c1. The van der Waals surface area contributed by atoms with Crippen molar-refractivity contribution in [3.05, 3.63) is 59.2 Å². The Balaban J connectivity index is 2.53. The molecule has 0 fully saturated rings. The van der Waals surface area contributed by atoms with Crippen LogP contribution >= 0.6 is 0 Å². The van der Waals surface area contributed by atoms with Crippen LogP contribution in [0.2, 0.25) is 0 Å². The molecule has 0 aliphatic heterocycles. The van der Waals surface area contributed by atoms with Gasteiger partial charge in [-0.1, -0.05) is 63.2 Å². The fraction of sp³-hybridized carbons (Fsp3) is 0.368. The van der Waals surface area contributed by atoms with Crippen LogP contribution in [-0.2, 0) is 6.42 Å². The van der Waals surface area contributed by atoms with Crippen molar-refractivity contribution >= 4 is 0 Å². The lowest BCUT2D eigenvalue weighted by Crippen LogP contribution is -1.96. The molecule has 0 radical (unpaired) electrons. The zero-order valence-electron chi connectivity index (χ0n) is 12.5. The van der Waals surface area contributed by atoms with Crippen LogP contribution in [0.3, 0.4) is 0 Å². The first-order valence-corrected chi connectivity index (χ1v) is 7.36. The number of rotatable bonds is 4. The molecule has 100 valence electrons. The lowest BCUT2D eigenvalue weighted by molar-refractivity contribution is 0.735. The lowest BCUT2D eigenvalue weighted by atomic mass is 9.88. The number of hydrogen-bond acceptors (Lipinski definition) is 0. The summed E-state index contributed by atoms with van der Waals surface area (Å²) in [6.45, 7) is 9.01. The molecule has 2 rings (SSSR count). The van der Waals surface area contributed by atoms with Gasteiger partial charge in [0.2, 0.25) is 0 Å². The molecule has 0 aromatic heterocycles. The van der Waals surface area contributed by atoms with Crippen LogP contribution in [0.4, 0.5) is 0 Å². The Kier molecular flexibility index (Phi) is 4.42. The summed E-state index contributed by atoms with van der Waals surface area (Å²) >= 11 is 0. The topological polar surface area (TPSA) is 0 Å². The van der Waals surface area contributed by atoms with Gasteiger partial charge in [0, 0.05) is 0 Å². The van der Waals surface area contributed by atoms with E-state index in [0.29, 0.717) is 5.92 Å². The molecule has 1 unspecified atom stereocenters. The maximum Gasteiger partial charge on any atom is -0.0147 e. The molecule has 0 aliphatic carbocycles. The molecule has 2 aromatic rings. The molecule has 0 heteroatoms.